The van der Waals surface area contributed by atoms with Crippen LogP contribution in [0.3, 0.4) is 0 Å². The summed E-state index contributed by atoms with van der Waals surface area (Å²) in [5, 5.41) is 0.469. The van der Waals surface area contributed by atoms with Crippen molar-refractivity contribution in [2.24, 2.45) is 5.73 Å². The van der Waals surface area contributed by atoms with Crippen LogP contribution in [0.5, 0.6) is 0 Å². The van der Waals surface area contributed by atoms with E-state index in [0.29, 0.717) is 11.4 Å². The molecular formula is C11H15ClFN. The highest BCUT2D eigenvalue weighted by molar-refractivity contribution is 6.31. The summed E-state index contributed by atoms with van der Waals surface area (Å²) in [4.78, 5) is 0. The zero-order chi connectivity index (χ0) is 10.6. The molecule has 1 nitrogen and oxygen atoms in total. The maximum absolute atomic E-state index is 12.7. The van der Waals surface area contributed by atoms with Crippen LogP contribution in [0.25, 0.3) is 0 Å². The number of nitrogens with two attached hydrogens (primary N) is 1. The lowest BCUT2D eigenvalue weighted by Gasteiger charge is -2.11. The SMILES string of the molecule is CCCC(N)Cc1ccc(F)cc1Cl. The molecule has 0 radical (unpaired) electrons. The number of hydrogen-bond donors (Lipinski definition) is 1. The second kappa shape index (κ2) is 5.32. The summed E-state index contributed by atoms with van der Waals surface area (Å²) in [5.74, 6) is -0.303. The van der Waals surface area contributed by atoms with Crippen LogP contribution < -0.4 is 5.73 Å². The topological polar surface area (TPSA) is 26.0 Å². The summed E-state index contributed by atoms with van der Waals surface area (Å²) >= 11 is 5.88. The molecule has 1 rings (SSSR count). The van der Waals surface area contributed by atoms with Crippen molar-refractivity contribution in [3.63, 3.8) is 0 Å². The Kier molecular flexibility index (Phi) is 4.36. The van der Waals surface area contributed by atoms with Crippen LogP contribution in [0.2, 0.25) is 5.02 Å². The van der Waals surface area contributed by atoms with Crippen molar-refractivity contribution in [3.8, 4) is 0 Å². The van der Waals surface area contributed by atoms with Gasteiger partial charge in [0.05, 0.1) is 0 Å². The van der Waals surface area contributed by atoms with Gasteiger partial charge in [-0.1, -0.05) is 31.0 Å². The minimum absolute atomic E-state index is 0.114. The lowest BCUT2D eigenvalue weighted by molar-refractivity contribution is 0.597. The first-order valence-electron chi connectivity index (χ1n) is 4.83. The van der Waals surface area contributed by atoms with Gasteiger partial charge < -0.3 is 5.73 Å². The highest BCUT2D eigenvalue weighted by atomic mass is 35.5. The van der Waals surface area contributed by atoms with Crippen LogP contribution >= 0.6 is 11.6 Å². The van der Waals surface area contributed by atoms with Crippen molar-refractivity contribution in [3.05, 3.63) is 34.6 Å². The molecule has 0 aliphatic rings. The molecule has 0 spiro atoms. The maximum atomic E-state index is 12.7. The minimum atomic E-state index is -0.303. The van der Waals surface area contributed by atoms with Crippen molar-refractivity contribution in [2.75, 3.05) is 0 Å². The molecule has 0 bridgehead atoms. The molecule has 0 aliphatic carbocycles. The van der Waals surface area contributed by atoms with Gasteiger partial charge >= 0.3 is 0 Å². The molecule has 78 valence electrons. The first-order chi connectivity index (χ1) is 6.63. The Morgan fingerprint density at radius 2 is 2.21 bits per heavy atom. The number of hydrogen-bond acceptors (Lipinski definition) is 1. The summed E-state index contributed by atoms with van der Waals surface area (Å²) in [6.07, 6.45) is 2.74. The Morgan fingerprint density at radius 3 is 2.79 bits per heavy atom. The maximum Gasteiger partial charge on any atom is 0.124 e. The van der Waals surface area contributed by atoms with Crippen LogP contribution in [-0.4, -0.2) is 6.04 Å². The van der Waals surface area contributed by atoms with Crippen molar-refractivity contribution in [1.82, 2.24) is 0 Å². The third kappa shape index (κ3) is 3.28. The molecule has 0 aromatic heterocycles. The molecule has 0 saturated heterocycles. The largest absolute Gasteiger partial charge is 0.327 e. The summed E-state index contributed by atoms with van der Waals surface area (Å²) in [5.41, 5.74) is 6.80. The van der Waals surface area contributed by atoms with Gasteiger partial charge in [-0.3, -0.25) is 0 Å². The Balaban J connectivity index is 2.67. The highest BCUT2D eigenvalue weighted by Gasteiger charge is 2.06. The van der Waals surface area contributed by atoms with Crippen molar-refractivity contribution in [1.29, 1.82) is 0 Å². The molecule has 0 saturated carbocycles. The predicted octanol–water partition coefficient (Wildman–Crippen LogP) is 3.15. The van der Waals surface area contributed by atoms with Gasteiger partial charge in [0.15, 0.2) is 0 Å². The smallest absolute Gasteiger partial charge is 0.124 e. The molecule has 1 aromatic rings. The standard InChI is InChI=1S/C11H15ClFN/c1-2-3-10(14)6-8-4-5-9(13)7-11(8)12/h4-5,7,10H,2-3,6,14H2,1H3. The quantitative estimate of drug-likeness (QED) is 0.821. The van der Waals surface area contributed by atoms with Crippen LogP contribution in [0.4, 0.5) is 4.39 Å². The molecular weight excluding hydrogens is 201 g/mol. The average Bonchev–Trinajstić information content (AvgIpc) is 2.10. The fourth-order valence-electron chi connectivity index (χ4n) is 1.44. The van der Waals surface area contributed by atoms with Crippen LogP contribution in [-0.2, 0) is 6.42 Å². The first-order valence-corrected chi connectivity index (χ1v) is 5.20. The minimum Gasteiger partial charge on any atom is -0.327 e. The van der Waals surface area contributed by atoms with E-state index in [1.807, 2.05) is 0 Å². The molecule has 0 amide bonds. The molecule has 1 aromatic carbocycles. The Labute approximate surface area is 89.1 Å². The van der Waals surface area contributed by atoms with E-state index >= 15 is 0 Å². The number of halogens is 2. The van der Waals surface area contributed by atoms with Crippen LogP contribution in [0, 0.1) is 5.82 Å². The van der Waals surface area contributed by atoms with E-state index in [4.69, 9.17) is 17.3 Å². The van der Waals surface area contributed by atoms with Crippen LogP contribution in [0.1, 0.15) is 25.3 Å². The van der Waals surface area contributed by atoms with E-state index in [9.17, 15) is 4.39 Å². The lowest BCUT2D eigenvalue weighted by Crippen LogP contribution is -2.22. The molecule has 1 unspecified atom stereocenters. The molecule has 3 heteroatoms. The molecule has 14 heavy (non-hydrogen) atoms. The second-order valence-corrected chi connectivity index (χ2v) is 3.90. The average molecular weight is 216 g/mol. The van der Waals surface area contributed by atoms with Crippen LogP contribution in [0.15, 0.2) is 18.2 Å². The Bertz CT molecular complexity index is 301. The second-order valence-electron chi connectivity index (χ2n) is 3.49. The lowest BCUT2D eigenvalue weighted by atomic mass is 10.0. The fourth-order valence-corrected chi connectivity index (χ4v) is 1.69. The summed E-state index contributed by atoms with van der Waals surface area (Å²) in [7, 11) is 0. The van der Waals surface area contributed by atoms with Gasteiger partial charge in [0.25, 0.3) is 0 Å². The zero-order valence-corrected chi connectivity index (χ0v) is 9.02. The van der Waals surface area contributed by atoms with Crippen molar-refractivity contribution in [2.45, 2.75) is 32.2 Å². The van der Waals surface area contributed by atoms with Gasteiger partial charge in [-0.15, -0.1) is 0 Å². The Hall–Kier alpha value is -0.600. The van der Waals surface area contributed by atoms with Gasteiger partial charge in [-0.25, -0.2) is 4.39 Å². The number of benzene rings is 1. The third-order valence-corrected chi connectivity index (χ3v) is 2.51. The Morgan fingerprint density at radius 1 is 1.50 bits per heavy atom. The monoisotopic (exact) mass is 215 g/mol. The molecule has 2 N–H and O–H groups in total. The normalized spacial score (nSPS) is 12.9. The van der Waals surface area contributed by atoms with E-state index in [0.717, 1.165) is 18.4 Å². The molecule has 1 atom stereocenters. The van der Waals surface area contributed by atoms with Gasteiger partial charge in [-0.2, -0.15) is 0 Å². The summed E-state index contributed by atoms with van der Waals surface area (Å²) in [6.45, 7) is 2.09. The summed E-state index contributed by atoms with van der Waals surface area (Å²) < 4.78 is 12.7. The summed E-state index contributed by atoms with van der Waals surface area (Å²) in [6, 6.07) is 4.56. The molecule has 0 aliphatic heterocycles. The van der Waals surface area contributed by atoms with Gasteiger partial charge in [0, 0.05) is 11.1 Å². The van der Waals surface area contributed by atoms with E-state index in [1.165, 1.54) is 12.1 Å². The fraction of sp³-hybridized carbons (Fsp3) is 0.455. The van der Waals surface area contributed by atoms with E-state index < -0.39 is 0 Å². The van der Waals surface area contributed by atoms with Gasteiger partial charge in [0.1, 0.15) is 5.82 Å². The van der Waals surface area contributed by atoms with E-state index in [1.54, 1.807) is 6.07 Å². The van der Waals surface area contributed by atoms with Crippen molar-refractivity contribution < 1.29 is 4.39 Å². The van der Waals surface area contributed by atoms with E-state index in [-0.39, 0.29) is 11.9 Å². The van der Waals surface area contributed by atoms with E-state index in [2.05, 4.69) is 6.92 Å². The zero-order valence-electron chi connectivity index (χ0n) is 8.26. The highest BCUT2D eigenvalue weighted by Crippen LogP contribution is 2.19. The van der Waals surface area contributed by atoms with Gasteiger partial charge in [0.2, 0.25) is 0 Å². The molecule has 0 fully saturated rings. The molecule has 0 heterocycles. The predicted molar refractivity (Wildman–Crippen MR) is 58.0 cm³/mol. The van der Waals surface area contributed by atoms with Gasteiger partial charge in [-0.05, 0) is 30.5 Å². The number of rotatable bonds is 4. The third-order valence-electron chi connectivity index (χ3n) is 2.16. The first kappa shape index (κ1) is 11.5. The van der Waals surface area contributed by atoms with Crippen molar-refractivity contribution >= 4 is 11.6 Å².